The summed E-state index contributed by atoms with van der Waals surface area (Å²) in [6.45, 7) is 6.93. The number of benzene rings is 2. The van der Waals surface area contributed by atoms with Gasteiger partial charge < -0.3 is 14.5 Å². The summed E-state index contributed by atoms with van der Waals surface area (Å²) in [4.78, 5) is 34.1. The molecule has 2 amide bonds. The number of fused-ring (bicyclic) bond motifs is 1. The standard InChI is InChI=1S/C29H33N3O3S/c1-20-4-6-23(7-5-20)29(34)32-16-15-30(18-21(32)2)27(33)19-31-14-12-26-25(13-17-36-26)28(31)22-8-10-24(35-3)11-9-22/h4-11,13,17,21,28H,12,14-16,18-19H2,1-3H3/t21-,28-/m0/s1. The molecule has 0 saturated carbocycles. The van der Waals surface area contributed by atoms with Crippen LogP contribution in [-0.2, 0) is 11.2 Å². The lowest BCUT2D eigenvalue weighted by Gasteiger charge is -2.42. The Labute approximate surface area is 217 Å². The van der Waals surface area contributed by atoms with E-state index in [1.807, 2.05) is 60.0 Å². The van der Waals surface area contributed by atoms with Gasteiger partial charge in [0.25, 0.3) is 5.91 Å². The number of nitrogens with zero attached hydrogens (tertiary/aromatic N) is 3. The first kappa shape index (κ1) is 24.5. The summed E-state index contributed by atoms with van der Waals surface area (Å²) in [6, 6.07) is 18.1. The zero-order chi connectivity index (χ0) is 25.2. The lowest BCUT2D eigenvalue weighted by Crippen LogP contribution is -2.57. The number of rotatable bonds is 5. The first-order valence-corrected chi connectivity index (χ1v) is 13.4. The van der Waals surface area contributed by atoms with Crippen LogP contribution < -0.4 is 4.74 Å². The van der Waals surface area contributed by atoms with E-state index in [0.717, 1.165) is 24.3 Å². The van der Waals surface area contributed by atoms with Gasteiger partial charge in [-0.25, -0.2) is 0 Å². The summed E-state index contributed by atoms with van der Waals surface area (Å²) in [5.74, 6) is 0.992. The summed E-state index contributed by atoms with van der Waals surface area (Å²) < 4.78 is 5.35. The lowest BCUT2D eigenvalue weighted by molar-refractivity contribution is -0.135. The molecule has 3 aromatic rings. The van der Waals surface area contributed by atoms with Gasteiger partial charge >= 0.3 is 0 Å². The van der Waals surface area contributed by atoms with Gasteiger partial charge in [0, 0.05) is 42.7 Å². The average Bonchev–Trinajstić information content (AvgIpc) is 3.37. The van der Waals surface area contributed by atoms with Crippen molar-refractivity contribution < 1.29 is 14.3 Å². The minimum atomic E-state index is -0.0290. The van der Waals surface area contributed by atoms with Crippen LogP contribution in [0.25, 0.3) is 0 Å². The van der Waals surface area contributed by atoms with E-state index < -0.39 is 0 Å². The number of piperazine rings is 1. The van der Waals surface area contributed by atoms with Gasteiger partial charge in [-0.3, -0.25) is 14.5 Å². The molecule has 1 aromatic heterocycles. The second-order valence-corrected chi connectivity index (χ2v) is 10.7. The number of amides is 2. The van der Waals surface area contributed by atoms with Gasteiger partial charge in [0.1, 0.15) is 5.75 Å². The summed E-state index contributed by atoms with van der Waals surface area (Å²) in [6.07, 6.45) is 0.960. The highest BCUT2D eigenvalue weighted by Crippen LogP contribution is 2.38. The molecule has 2 aliphatic rings. The first-order valence-electron chi connectivity index (χ1n) is 12.5. The Kier molecular flexibility index (Phi) is 7.12. The number of hydrogen-bond acceptors (Lipinski definition) is 5. The summed E-state index contributed by atoms with van der Waals surface area (Å²) in [5.41, 5.74) is 4.31. The van der Waals surface area contributed by atoms with E-state index in [2.05, 4.69) is 28.5 Å². The molecule has 2 atom stereocenters. The number of carbonyl (C=O) groups is 2. The van der Waals surface area contributed by atoms with Crippen LogP contribution in [0, 0.1) is 6.92 Å². The molecule has 0 bridgehead atoms. The third-order valence-electron chi connectivity index (χ3n) is 7.38. The van der Waals surface area contributed by atoms with Crippen molar-refractivity contribution in [3.63, 3.8) is 0 Å². The molecule has 0 spiro atoms. The second-order valence-electron chi connectivity index (χ2n) is 9.75. The monoisotopic (exact) mass is 503 g/mol. The van der Waals surface area contributed by atoms with E-state index >= 15 is 0 Å². The molecule has 0 aliphatic carbocycles. The second kappa shape index (κ2) is 10.4. The van der Waals surface area contributed by atoms with Gasteiger partial charge in [-0.15, -0.1) is 11.3 Å². The Morgan fingerprint density at radius 1 is 1.00 bits per heavy atom. The average molecular weight is 504 g/mol. The molecule has 0 unspecified atom stereocenters. The normalized spacial score (nSPS) is 20.2. The van der Waals surface area contributed by atoms with E-state index in [1.165, 1.54) is 16.0 Å². The fourth-order valence-electron chi connectivity index (χ4n) is 5.34. The highest BCUT2D eigenvalue weighted by Gasteiger charge is 2.34. The fraction of sp³-hybridized carbons (Fsp3) is 0.379. The number of ether oxygens (including phenoxy) is 1. The van der Waals surface area contributed by atoms with Gasteiger partial charge in [0.2, 0.25) is 5.91 Å². The Hall–Kier alpha value is -3.16. The Balaban J connectivity index is 1.27. The van der Waals surface area contributed by atoms with Crippen molar-refractivity contribution in [3.05, 3.63) is 87.1 Å². The van der Waals surface area contributed by atoms with Crippen LogP contribution in [0.4, 0.5) is 0 Å². The van der Waals surface area contributed by atoms with Crippen LogP contribution in [0.3, 0.4) is 0 Å². The topological polar surface area (TPSA) is 53.1 Å². The molecule has 0 N–H and O–H groups in total. The third-order valence-corrected chi connectivity index (χ3v) is 8.37. The minimum absolute atomic E-state index is 0.0290. The maximum absolute atomic E-state index is 13.5. The third kappa shape index (κ3) is 4.90. The molecule has 6 nitrogen and oxygen atoms in total. The smallest absolute Gasteiger partial charge is 0.254 e. The molecule has 1 saturated heterocycles. The molecule has 0 radical (unpaired) electrons. The van der Waals surface area contributed by atoms with E-state index in [9.17, 15) is 9.59 Å². The van der Waals surface area contributed by atoms with Gasteiger partial charge in [-0.1, -0.05) is 29.8 Å². The Morgan fingerprint density at radius 2 is 1.75 bits per heavy atom. The molecule has 188 valence electrons. The molecule has 7 heteroatoms. The van der Waals surface area contributed by atoms with E-state index in [4.69, 9.17) is 4.74 Å². The molecule has 36 heavy (non-hydrogen) atoms. The maximum Gasteiger partial charge on any atom is 0.254 e. The molecule has 2 aliphatic heterocycles. The number of methoxy groups -OCH3 is 1. The minimum Gasteiger partial charge on any atom is -0.497 e. The van der Waals surface area contributed by atoms with E-state index in [0.29, 0.717) is 31.7 Å². The molecule has 3 heterocycles. The van der Waals surface area contributed by atoms with Gasteiger partial charge in [0.15, 0.2) is 0 Å². The van der Waals surface area contributed by atoms with Crippen molar-refractivity contribution in [1.82, 2.24) is 14.7 Å². The van der Waals surface area contributed by atoms with Crippen molar-refractivity contribution in [2.75, 3.05) is 39.8 Å². The lowest BCUT2D eigenvalue weighted by atomic mass is 9.93. The van der Waals surface area contributed by atoms with Crippen molar-refractivity contribution in [2.24, 2.45) is 0 Å². The number of hydrogen-bond donors (Lipinski definition) is 0. The SMILES string of the molecule is COc1ccc([C@H]2c3ccsc3CCN2CC(=O)N2CCN(C(=O)c3ccc(C)cc3)[C@@H](C)C2)cc1. The van der Waals surface area contributed by atoms with Crippen LogP contribution in [0.2, 0.25) is 0 Å². The zero-order valence-electron chi connectivity index (χ0n) is 21.1. The van der Waals surface area contributed by atoms with Crippen LogP contribution in [0.15, 0.2) is 60.0 Å². The van der Waals surface area contributed by atoms with Crippen LogP contribution in [-0.4, -0.2) is 72.4 Å². The quantitative estimate of drug-likeness (QED) is 0.518. The molecule has 1 fully saturated rings. The number of aryl methyl sites for hydroxylation is 1. The van der Waals surface area contributed by atoms with Crippen molar-refractivity contribution in [1.29, 1.82) is 0 Å². The van der Waals surface area contributed by atoms with Crippen LogP contribution in [0.5, 0.6) is 5.75 Å². The van der Waals surface area contributed by atoms with Crippen LogP contribution >= 0.6 is 11.3 Å². The molecule has 5 rings (SSSR count). The highest BCUT2D eigenvalue weighted by molar-refractivity contribution is 7.10. The molecule has 2 aromatic carbocycles. The predicted octanol–water partition coefficient (Wildman–Crippen LogP) is 4.39. The summed E-state index contributed by atoms with van der Waals surface area (Å²) >= 11 is 1.80. The van der Waals surface area contributed by atoms with Crippen molar-refractivity contribution >= 4 is 23.2 Å². The van der Waals surface area contributed by atoms with Crippen LogP contribution in [0.1, 0.15) is 44.9 Å². The number of carbonyl (C=O) groups excluding carboxylic acids is 2. The largest absolute Gasteiger partial charge is 0.497 e. The summed E-state index contributed by atoms with van der Waals surface area (Å²) in [7, 11) is 1.67. The van der Waals surface area contributed by atoms with Gasteiger partial charge in [-0.05, 0) is 67.1 Å². The van der Waals surface area contributed by atoms with E-state index in [-0.39, 0.29) is 23.9 Å². The van der Waals surface area contributed by atoms with Crippen molar-refractivity contribution in [3.8, 4) is 5.75 Å². The van der Waals surface area contributed by atoms with E-state index in [1.54, 1.807) is 18.4 Å². The highest BCUT2D eigenvalue weighted by atomic mass is 32.1. The maximum atomic E-state index is 13.5. The number of thiophene rings is 1. The van der Waals surface area contributed by atoms with Gasteiger partial charge in [-0.2, -0.15) is 0 Å². The molecular formula is C29H33N3O3S. The Morgan fingerprint density at radius 3 is 2.44 bits per heavy atom. The zero-order valence-corrected chi connectivity index (χ0v) is 22.0. The molecular weight excluding hydrogens is 470 g/mol. The Bertz CT molecular complexity index is 1220. The predicted molar refractivity (Wildman–Crippen MR) is 143 cm³/mol. The first-order chi connectivity index (χ1) is 17.4. The fourth-order valence-corrected chi connectivity index (χ4v) is 6.24. The van der Waals surface area contributed by atoms with Crippen molar-refractivity contribution in [2.45, 2.75) is 32.4 Å². The summed E-state index contributed by atoms with van der Waals surface area (Å²) in [5, 5.41) is 2.15. The van der Waals surface area contributed by atoms with Gasteiger partial charge in [0.05, 0.1) is 19.7 Å².